The first kappa shape index (κ1) is 37.5. The van der Waals surface area contributed by atoms with Gasteiger partial charge in [0.15, 0.2) is 0 Å². The molecule has 0 radical (unpaired) electrons. The van der Waals surface area contributed by atoms with Crippen molar-refractivity contribution in [3.05, 3.63) is 123 Å². The van der Waals surface area contributed by atoms with Gasteiger partial charge in [-0.2, -0.15) is 0 Å². The van der Waals surface area contributed by atoms with Crippen LogP contribution in [-0.4, -0.2) is 18.7 Å². The maximum atomic E-state index is 4.52. The lowest BCUT2D eigenvalue weighted by atomic mass is 9.85. The second-order valence-corrected chi connectivity index (χ2v) is 17.6. The summed E-state index contributed by atoms with van der Waals surface area (Å²) in [6, 6.07) is 17.5. The molecule has 0 spiro atoms. The van der Waals surface area contributed by atoms with E-state index in [2.05, 4.69) is 193 Å². The first-order chi connectivity index (χ1) is 25.2. The second kappa shape index (κ2) is 12.4. The summed E-state index contributed by atoms with van der Waals surface area (Å²) < 4.78 is 14.4. The van der Waals surface area contributed by atoms with Crippen LogP contribution in [0, 0.1) is 41.5 Å². The van der Waals surface area contributed by atoms with E-state index in [0.717, 1.165) is 11.9 Å². The van der Waals surface area contributed by atoms with E-state index in [4.69, 9.17) is 0 Å². The molecule has 7 heterocycles. The number of aromatic nitrogens is 7. The van der Waals surface area contributed by atoms with Gasteiger partial charge in [0.25, 0.3) is 17.5 Å². The molecular formula is C47H62N7+3. The van der Waals surface area contributed by atoms with Crippen LogP contribution in [0.15, 0.2) is 60.3 Å². The fraction of sp³-hybridized carbons (Fsp3) is 0.447. The maximum Gasteiger partial charge on any atom is 0.290 e. The van der Waals surface area contributed by atoms with Crippen molar-refractivity contribution in [1.29, 1.82) is 0 Å². The van der Waals surface area contributed by atoms with E-state index in [9.17, 15) is 0 Å². The van der Waals surface area contributed by atoms with Gasteiger partial charge in [-0.3, -0.25) is 4.98 Å². The number of imidazole rings is 3. The van der Waals surface area contributed by atoms with Gasteiger partial charge in [0.05, 0.1) is 38.6 Å². The quantitative estimate of drug-likeness (QED) is 0.145. The Labute approximate surface area is 323 Å². The molecule has 0 saturated carbocycles. The predicted molar refractivity (Wildman–Crippen MR) is 220 cm³/mol. The van der Waals surface area contributed by atoms with Crippen LogP contribution < -0.4 is 13.7 Å². The number of pyridine rings is 1. The molecule has 0 atom stereocenters. The smallest absolute Gasteiger partial charge is 0.256 e. The summed E-state index contributed by atoms with van der Waals surface area (Å²) in [6.45, 7) is 31.6. The Hall–Kier alpha value is -4.78. The van der Waals surface area contributed by atoms with Crippen LogP contribution in [-0.2, 0) is 44.2 Å². The molecule has 3 aliphatic rings. The Morgan fingerprint density at radius 3 is 1.74 bits per heavy atom. The van der Waals surface area contributed by atoms with Crippen molar-refractivity contribution in [1.82, 2.24) is 18.7 Å². The van der Waals surface area contributed by atoms with Crippen LogP contribution in [0.25, 0.3) is 27.9 Å². The average molecular weight is 725 g/mol. The number of benzene rings is 2. The fourth-order valence-corrected chi connectivity index (χ4v) is 10.0. The Bertz CT molecular complexity index is 2560. The molecule has 0 saturated heterocycles. The van der Waals surface area contributed by atoms with Crippen LogP contribution in [0.4, 0.5) is 0 Å². The zero-order valence-corrected chi connectivity index (χ0v) is 36.0. The summed E-state index contributed by atoms with van der Waals surface area (Å²) in [6.07, 6.45) is 2.90. The molecule has 6 aromatic rings. The first-order valence-electron chi connectivity index (χ1n) is 19.6. The minimum Gasteiger partial charge on any atom is -0.256 e. The van der Waals surface area contributed by atoms with Gasteiger partial charge in [-0.05, 0) is 84.7 Å². The number of nitrogens with zero attached hydrogens (tertiary/aromatic N) is 7. The van der Waals surface area contributed by atoms with Gasteiger partial charge in [-0.15, -0.1) is 0 Å². The predicted octanol–water partition coefficient (Wildman–Crippen LogP) is 8.33. The second-order valence-electron chi connectivity index (χ2n) is 17.6. The van der Waals surface area contributed by atoms with E-state index in [0.29, 0.717) is 0 Å². The van der Waals surface area contributed by atoms with E-state index >= 15 is 0 Å². The summed E-state index contributed by atoms with van der Waals surface area (Å²) in [5, 5.41) is 1.21. The highest BCUT2D eigenvalue weighted by Gasteiger charge is 2.47. The van der Waals surface area contributed by atoms with E-state index < -0.39 is 0 Å². The van der Waals surface area contributed by atoms with Crippen molar-refractivity contribution in [2.45, 2.75) is 120 Å². The van der Waals surface area contributed by atoms with Gasteiger partial charge < -0.3 is 0 Å². The highest BCUT2D eigenvalue weighted by molar-refractivity contribution is 5.86. The molecule has 2 aromatic carbocycles. The molecule has 7 nitrogen and oxygen atoms in total. The lowest BCUT2D eigenvalue weighted by molar-refractivity contribution is -0.684. The Balaban J connectivity index is 0.000000127. The standard InChI is InChI=1S/C18H20N3.C16H21N2.C13H21N2/c1-11-12(2)21-17(20(11)5)14-10-16-13(7-6-8-19-16)9-15(14)18(21,3)4;1-11-12(2)18-15(17(11)5)10-13-8-6-7-9-14(13)16(18,3)4;1-8-9(2)13(5,6)15-11(4)10(3)14(7)12(8)15/h6-10H,1-5H3;6-9H,10H2,1-5H3;1-7H3/q3*+1. The first-order valence-corrected chi connectivity index (χ1v) is 19.6. The third kappa shape index (κ3) is 5.06. The molecule has 7 heteroatoms. The van der Waals surface area contributed by atoms with Crippen LogP contribution in [0.5, 0.6) is 0 Å². The van der Waals surface area contributed by atoms with Crippen molar-refractivity contribution in [2.75, 3.05) is 0 Å². The summed E-state index contributed by atoms with van der Waals surface area (Å²) in [5.74, 6) is 4.07. The maximum absolute atomic E-state index is 4.52. The monoisotopic (exact) mass is 725 g/mol. The van der Waals surface area contributed by atoms with E-state index in [1.54, 1.807) is 0 Å². The van der Waals surface area contributed by atoms with Crippen molar-refractivity contribution in [3.63, 3.8) is 0 Å². The lowest BCUT2D eigenvalue weighted by Gasteiger charge is -2.30. The summed E-state index contributed by atoms with van der Waals surface area (Å²) in [4.78, 5) is 4.52. The normalized spacial score (nSPS) is 16.5. The van der Waals surface area contributed by atoms with Crippen molar-refractivity contribution < 1.29 is 13.7 Å². The number of hydrogen-bond acceptors (Lipinski definition) is 1. The van der Waals surface area contributed by atoms with E-state index in [-0.39, 0.29) is 16.6 Å². The molecular weight excluding hydrogens is 663 g/mol. The molecule has 0 bridgehead atoms. The van der Waals surface area contributed by atoms with Gasteiger partial charge >= 0.3 is 0 Å². The largest absolute Gasteiger partial charge is 0.290 e. The van der Waals surface area contributed by atoms with Gasteiger partial charge in [0.2, 0.25) is 0 Å². The Morgan fingerprint density at radius 2 is 1.11 bits per heavy atom. The highest BCUT2D eigenvalue weighted by atomic mass is 15.2. The van der Waals surface area contributed by atoms with Gasteiger partial charge in [0, 0.05) is 69.8 Å². The Morgan fingerprint density at radius 1 is 0.574 bits per heavy atom. The molecule has 4 aromatic heterocycles. The molecule has 3 aliphatic heterocycles. The minimum absolute atomic E-state index is 0.0230. The molecule has 9 rings (SSSR count). The highest BCUT2D eigenvalue weighted by Crippen LogP contribution is 2.45. The third-order valence-corrected chi connectivity index (χ3v) is 14.0. The lowest BCUT2D eigenvalue weighted by Crippen LogP contribution is -2.42. The van der Waals surface area contributed by atoms with E-state index in [1.165, 1.54) is 90.4 Å². The fourth-order valence-electron chi connectivity index (χ4n) is 10.0. The molecule has 54 heavy (non-hydrogen) atoms. The van der Waals surface area contributed by atoms with Crippen LogP contribution in [0.3, 0.4) is 0 Å². The SMILES string of the molecule is CC1=C(C)C(C)(C)n2c(C)c(C)[n+](C)c21.Cc1c(C)[n+](C)c2n1C(C)(C)c1cc3cccnc3cc1-2.Cc1c(C)[n+](C)c2n1C(C)(C)c1ccccc1C2. The molecule has 282 valence electrons. The van der Waals surface area contributed by atoms with Crippen molar-refractivity contribution in [3.8, 4) is 11.4 Å². The average Bonchev–Trinajstić information content (AvgIpc) is 3.75. The van der Waals surface area contributed by atoms with Crippen molar-refractivity contribution >= 4 is 16.5 Å². The Kier molecular flexibility index (Phi) is 8.60. The molecule has 0 N–H and O–H groups in total. The topological polar surface area (TPSA) is 39.3 Å². The summed E-state index contributed by atoms with van der Waals surface area (Å²) >= 11 is 0. The molecule has 0 fully saturated rings. The van der Waals surface area contributed by atoms with Gasteiger partial charge in [0.1, 0.15) is 50.8 Å². The summed E-state index contributed by atoms with van der Waals surface area (Å²) in [7, 11) is 6.49. The third-order valence-electron chi connectivity index (χ3n) is 14.0. The number of allylic oxidation sites excluding steroid dienone is 2. The minimum atomic E-state index is -0.0230. The molecule has 0 aliphatic carbocycles. The van der Waals surface area contributed by atoms with Crippen LogP contribution in [0.1, 0.15) is 118 Å². The molecule has 0 unspecified atom stereocenters. The van der Waals surface area contributed by atoms with Gasteiger partial charge in [-0.25, -0.2) is 27.4 Å². The zero-order valence-electron chi connectivity index (χ0n) is 36.0. The van der Waals surface area contributed by atoms with Crippen LogP contribution >= 0.6 is 0 Å². The number of fused-ring (bicyclic) bond motifs is 7. The summed E-state index contributed by atoms with van der Waals surface area (Å²) in [5.41, 5.74) is 17.9. The zero-order chi connectivity index (χ0) is 39.6. The van der Waals surface area contributed by atoms with E-state index in [1.807, 2.05) is 12.3 Å². The van der Waals surface area contributed by atoms with Crippen LogP contribution in [0.2, 0.25) is 0 Å². The number of hydrogen-bond donors (Lipinski definition) is 0. The number of rotatable bonds is 0. The van der Waals surface area contributed by atoms with Crippen molar-refractivity contribution in [2.24, 2.45) is 21.1 Å². The van der Waals surface area contributed by atoms with Gasteiger partial charge in [-0.1, -0.05) is 30.3 Å². The molecule has 0 amide bonds.